The number of alkyl halides is 1. The molecule has 0 unspecified atom stereocenters. The van der Waals surface area contributed by atoms with Gasteiger partial charge in [0.15, 0.2) is 0 Å². The quantitative estimate of drug-likeness (QED) is 0.750. The number of fused-ring (bicyclic) bond motifs is 1. The van der Waals surface area contributed by atoms with Gasteiger partial charge >= 0.3 is 0 Å². The monoisotopic (exact) mass is 324 g/mol. The third kappa shape index (κ3) is 1.51. The Balaban J connectivity index is 2.87. The zero-order valence-electron chi connectivity index (χ0n) is 6.22. The molecule has 1 heterocycles. The predicted octanol–water partition coefficient (Wildman–Crippen LogP) is 3.49. The zero-order chi connectivity index (χ0) is 9.42. The van der Waals surface area contributed by atoms with Crippen molar-refractivity contribution in [2.75, 3.05) is 0 Å². The van der Waals surface area contributed by atoms with Crippen LogP contribution in [0.3, 0.4) is 0 Å². The second-order valence-electron chi connectivity index (χ2n) is 2.42. The number of hydrogen-bond donors (Lipinski definition) is 0. The van der Waals surface area contributed by atoms with Crippen LogP contribution in [0, 0.1) is 5.82 Å². The highest BCUT2D eigenvalue weighted by Gasteiger charge is 2.12. The Kier molecular flexibility index (Phi) is 2.62. The molecule has 0 aliphatic heterocycles. The van der Waals surface area contributed by atoms with Gasteiger partial charge in [0, 0.05) is 5.33 Å². The molecule has 1 aromatic carbocycles. The van der Waals surface area contributed by atoms with Gasteiger partial charge in [0.2, 0.25) is 0 Å². The molecule has 68 valence electrons. The molecule has 2 nitrogen and oxygen atoms in total. The van der Waals surface area contributed by atoms with Crippen LogP contribution in [0.1, 0.15) is 5.56 Å². The first-order chi connectivity index (χ1) is 6.24. The predicted molar refractivity (Wildman–Crippen MR) is 57.7 cm³/mol. The summed E-state index contributed by atoms with van der Waals surface area (Å²) in [6.45, 7) is 0. The molecule has 0 bridgehead atoms. The Morgan fingerprint density at radius 1 is 1.54 bits per heavy atom. The maximum atomic E-state index is 13.2. The lowest BCUT2D eigenvalue weighted by Crippen LogP contribution is -1.85. The van der Waals surface area contributed by atoms with Crippen LogP contribution < -0.4 is 0 Å². The van der Waals surface area contributed by atoms with Gasteiger partial charge in [-0.3, -0.25) is 0 Å². The highest BCUT2D eigenvalue weighted by atomic mass is 79.9. The molecular weight excluding hydrogens is 323 g/mol. The standard InChI is InChI=1S/C7H3Br2FN2S/c8-2-3-1-4(10)5(9)6-7(3)13-12-11-6/h1H,2H2. The Morgan fingerprint density at radius 3 is 3.00 bits per heavy atom. The molecule has 0 N–H and O–H groups in total. The van der Waals surface area contributed by atoms with Gasteiger partial charge in [0.05, 0.1) is 9.17 Å². The molecule has 6 heteroatoms. The lowest BCUT2D eigenvalue weighted by Gasteiger charge is -1.99. The fourth-order valence-electron chi connectivity index (χ4n) is 1.04. The van der Waals surface area contributed by atoms with Crippen molar-refractivity contribution in [2.45, 2.75) is 5.33 Å². The molecule has 0 saturated carbocycles. The third-order valence-electron chi connectivity index (χ3n) is 1.64. The van der Waals surface area contributed by atoms with Gasteiger partial charge in [0.1, 0.15) is 11.3 Å². The molecule has 0 aliphatic carbocycles. The summed E-state index contributed by atoms with van der Waals surface area (Å²) in [5.41, 5.74) is 1.48. The molecule has 0 saturated heterocycles. The summed E-state index contributed by atoms with van der Waals surface area (Å²) in [6.07, 6.45) is 0. The minimum absolute atomic E-state index is 0.297. The molecule has 0 spiro atoms. The van der Waals surface area contributed by atoms with Crippen LogP contribution in [0.15, 0.2) is 10.5 Å². The Morgan fingerprint density at radius 2 is 2.31 bits per heavy atom. The van der Waals surface area contributed by atoms with E-state index in [1.807, 2.05) is 0 Å². The van der Waals surface area contributed by atoms with E-state index in [1.165, 1.54) is 17.6 Å². The van der Waals surface area contributed by atoms with E-state index >= 15 is 0 Å². The first kappa shape index (κ1) is 9.48. The van der Waals surface area contributed by atoms with Crippen LogP contribution in [0.25, 0.3) is 10.2 Å². The molecule has 13 heavy (non-hydrogen) atoms. The molecule has 0 aliphatic rings. The molecule has 2 aromatic rings. The fraction of sp³-hybridized carbons (Fsp3) is 0.143. The van der Waals surface area contributed by atoms with Gasteiger partial charge in [-0.25, -0.2) is 4.39 Å². The van der Waals surface area contributed by atoms with Crippen LogP contribution in [-0.4, -0.2) is 9.59 Å². The summed E-state index contributed by atoms with van der Waals surface area (Å²) in [5, 5.41) is 4.46. The van der Waals surface area contributed by atoms with Crippen LogP contribution in [0.5, 0.6) is 0 Å². The minimum Gasteiger partial charge on any atom is -0.206 e. The molecule has 0 fully saturated rings. The van der Waals surface area contributed by atoms with E-state index in [9.17, 15) is 4.39 Å². The first-order valence-corrected chi connectivity index (χ1v) is 6.07. The van der Waals surface area contributed by atoms with Crippen LogP contribution >= 0.6 is 43.4 Å². The van der Waals surface area contributed by atoms with E-state index in [0.29, 0.717) is 15.3 Å². The lowest BCUT2D eigenvalue weighted by molar-refractivity contribution is 0.622. The molecule has 2 rings (SSSR count). The van der Waals surface area contributed by atoms with Crippen molar-refractivity contribution < 1.29 is 4.39 Å². The van der Waals surface area contributed by atoms with Crippen molar-refractivity contribution in [3.05, 3.63) is 21.9 Å². The Labute approximate surface area is 94.6 Å². The summed E-state index contributed by atoms with van der Waals surface area (Å²) in [7, 11) is 0. The molecule has 0 amide bonds. The minimum atomic E-state index is -0.297. The summed E-state index contributed by atoms with van der Waals surface area (Å²) in [4.78, 5) is 0. The number of nitrogens with zero attached hydrogens (tertiary/aromatic N) is 2. The van der Waals surface area contributed by atoms with E-state index in [0.717, 1.165) is 10.3 Å². The highest BCUT2D eigenvalue weighted by molar-refractivity contribution is 9.10. The van der Waals surface area contributed by atoms with Crippen molar-refractivity contribution in [3.8, 4) is 0 Å². The summed E-state index contributed by atoms with van der Waals surface area (Å²) in [5.74, 6) is -0.297. The van der Waals surface area contributed by atoms with Crippen molar-refractivity contribution in [2.24, 2.45) is 0 Å². The summed E-state index contributed by atoms with van der Waals surface area (Å²) >= 11 is 7.70. The van der Waals surface area contributed by atoms with Gasteiger partial charge in [0.25, 0.3) is 0 Å². The average Bonchev–Trinajstić information content (AvgIpc) is 2.60. The molecule has 1 aromatic heterocycles. The maximum absolute atomic E-state index is 13.2. The average molecular weight is 326 g/mol. The molecule has 0 radical (unpaired) electrons. The van der Waals surface area contributed by atoms with Gasteiger partial charge in [-0.05, 0) is 39.1 Å². The normalized spacial score (nSPS) is 11.0. The second-order valence-corrected chi connectivity index (χ2v) is 4.52. The van der Waals surface area contributed by atoms with E-state index in [-0.39, 0.29) is 5.82 Å². The number of halogens is 3. The van der Waals surface area contributed by atoms with Crippen molar-refractivity contribution in [3.63, 3.8) is 0 Å². The Bertz CT molecular complexity index is 457. The Hall–Kier alpha value is -0.0700. The largest absolute Gasteiger partial charge is 0.206 e. The summed E-state index contributed by atoms with van der Waals surface area (Å²) < 4.78 is 18.3. The highest BCUT2D eigenvalue weighted by Crippen LogP contribution is 2.31. The van der Waals surface area contributed by atoms with Crippen LogP contribution in [0.4, 0.5) is 4.39 Å². The summed E-state index contributed by atoms with van der Waals surface area (Å²) in [6, 6.07) is 1.49. The lowest BCUT2D eigenvalue weighted by atomic mass is 10.2. The van der Waals surface area contributed by atoms with E-state index < -0.39 is 0 Å². The van der Waals surface area contributed by atoms with E-state index in [1.54, 1.807) is 0 Å². The second kappa shape index (κ2) is 3.59. The smallest absolute Gasteiger partial charge is 0.140 e. The SMILES string of the molecule is Fc1cc(CBr)c2snnc2c1Br. The fourth-order valence-corrected chi connectivity index (χ4v) is 2.87. The van der Waals surface area contributed by atoms with Crippen LogP contribution in [-0.2, 0) is 5.33 Å². The van der Waals surface area contributed by atoms with Gasteiger partial charge < -0.3 is 0 Å². The number of hydrogen-bond acceptors (Lipinski definition) is 3. The topological polar surface area (TPSA) is 25.8 Å². The number of benzene rings is 1. The van der Waals surface area contributed by atoms with Crippen molar-refractivity contribution in [1.82, 2.24) is 9.59 Å². The van der Waals surface area contributed by atoms with E-state index in [4.69, 9.17) is 0 Å². The van der Waals surface area contributed by atoms with Crippen LogP contribution in [0.2, 0.25) is 0 Å². The van der Waals surface area contributed by atoms with Crippen molar-refractivity contribution in [1.29, 1.82) is 0 Å². The maximum Gasteiger partial charge on any atom is 0.140 e. The van der Waals surface area contributed by atoms with Gasteiger partial charge in [-0.1, -0.05) is 20.4 Å². The molecular formula is C7H3Br2FN2S. The third-order valence-corrected chi connectivity index (χ3v) is 3.80. The number of rotatable bonds is 1. The van der Waals surface area contributed by atoms with Crippen molar-refractivity contribution >= 4 is 53.6 Å². The van der Waals surface area contributed by atoms with Gasteiger partial charge in [-0.15, -0.1) is 5.10 Å². The molecule has 0 atom stereocenters. The first-order valence-electron chi connectivity index (χ1n) is 3.39. The van der Waals surface area contributed by atoms with Gasteiger partial charge in [-0.2, -0.15) is 0 Å². The zero-order valence-corrected chi connectivity index (χ0v) is 10.2. The number of aromatic nitrogens is 2. The van der Waals surface area contributed by atoms with E-state index in [2.05, 4.69) is 41.4 Å².